The zero-order valence-corrected chi connectivity index (χ0v) is 11.1. The number of carbonyl (C=O) groups excluding carboxylic acids is 1. The first-order valence-electron chi connectivity index (χ1n) is 6.06. The minimum atomic E-state index is -0.721. The minimum absolute atomic E-state index is 0.151. The lowest BCUT2D eigenvalue weighted by Crippen LogP contribution is -2.28. The Kier molecular flexibility index (Phi) is 3.93. The summed E-state index contributed by atoms with van der Waals surface area (Å²) in [6.07, 6.45) is 1.19. The second-order valence-corrected chi connectivity index (χ2v) is 4.06. The van der Waals surface area contributed by atoms with E-state index in [0.29, 0.717) is 11.5 Å². The molecule has 0 fully saturated rings. The molecule has 0 saturated heterocycles. The Bertz CT molecular complexity index is 693. The maximum atomic E-state index is 12.9. The Labute approximate surface area is 114 Å². The smallest absolute Gasteiger partial charge is 0.345 e. The van der Waals surface area contributed by atoms with Crippen LogP contribution in [0.15, 0.2) is 35.3 Å². The first-order chi connectivity index (χ1) is 9.54. The molecule has 0 N–H and O–H groups in total. The molecule has 0 unspecified atom stereocenters. The third kappa shape index (κ3) is 2.59. The standard InChI is InChI=1S/C14H13FN2O3/c1-3-20-14(19)12-8-16-9(2)17(13(12)18)11-6-4-10(15)5-7-11/h4-8H,3H2,1-2H3. The molecule has 2 rings (SSSR count). The van der Waals surface area contributed by atoms with Crippen LogP contribution in [0.4, 0.5) is 4.39 Å². The molecule has 0 bridgehead atoms. The monoisotopic (exact) mass is 276 g/mol. The summed E-state index contributed by atoms with van der Waals surface area (Å²) in [5, 5.41) is 0. The van der Waals surface area contributed by atoms with Crippen molar-refractivity contribution in [1.29, 1.82) is 0 Å². The van der Waals surface area contributed by atoms with Crippen LogP contribution < -0.4 is 5.56 Å². The van der Waals surface area contributed by atoms with Crippen LogP contribution in [0.3, 0.4) is 0 Å². The zero-order valence-electron chi connectivity index (χ0n) is 11.1. The SMILES string of the molecule is CCOC(=O)c1cnc(C)n(-c2ccc(F)cc2)c1=O. The van der Waals surface area contributed by atoms with Crippen LogP contribution in [0, 0.1) is 12.7 Å². The third-order valence-corrected chi connectivity index (χ3v) is 2.72. The fraction of sp³-hybridized carbons (Fsp3) is 0.214. The van der Waals surface area contributed by atoms with Crippen LogP contribution in [-0.2, 0) is 4.74 Å². The Balaban J connectivity index is 2.58. The van der Waals surface area contributed by atoms with E-state index >= 15 is 0 Å². The van der Waals surface area contributed by atoms with Gasteiger partial charge in [0.25, 0.3) is 5.56 Å². The summed E-state index contributed by atoms with van der Waals surface area (Å²) in [6, 6.07) is 5.36. The van der Waals surface area contributed by atoms with Crippen molar-refractivity contribution in [2.45, 2.75) is 13.8 Å². The van der Waals surface area contributed by atoms with Crippen LogP contribution in [0.5, 0.6) is 0 Å². The van der Waals surface area contributed by atoms with Crippen molar-refractivity contribution in [2.24, 2.45) is 0 Å². The van der Waals surface area contributed by atoms with E-state index in [9.17, 15) is 14.0 Å². The molecule has 1 aromatic heterocycles. The fourth-order valence-electron chi connectivity index (χ4n) is 1.78. The van der Waals surface area contributed by atoms with Crippen molar-refractivity contribution in [1.82, 2.24) is 9.55 Å². The predicted molar refractivity (Wildman–Crippen MR) is 70.5 cm³/mol. The molecule has 1 heterocycles. The average Bonchev–Trinajstić information content (AvgIpc) is 2.41. The highest BCUT2D eigenvalue weighted by Crippen LogP contribution is 2.09. The van der Waals surface area contributed by atoms with Crippen molar-refractivity contribution >= 4 is 5.97 Å². The number of rotatable bonds is 3. The van der Waals surface area contributed by atoms with Gasteiger partial charge in [-0.2, -0.15) is 0 Å². The average molecular weight is 276 g/mol. The maximum Gasteiger partial charge on any atom is 0.345 e. The first-order valence-corrected chi connectivity index (χ1v) is 6.06. The molecular weight excluding hydrogens is 263 g/mol. The van der Waals surface area contributed by atoms with Gasteiger partial charge in [0.15, 0.2) is 0 Å². The van der Waals surface area contributed by atoms with E-state index in [-0.39, 0.29) is 12.2 Å². The Morgan fingerprint density at radius 3 is 2.60 bits per heavy atom. The number of benzene rings is 1. The highest BCUT2D eigenvalue weighted by molar-refractivity contribution is 5.88. The van der Waals surface area contributed by atoms with E-state index in [1.54, 1.807) is 13.8 Å². The van der Waals surface area contributed by atoms with Gasteiger partial charge in [-0.15, -0.1) is 0 Å². The highest BCUT2D eigenvalue weighted by atomic mass is 19.1. The molecule has 20 heavy (non-hydrogen) atoms. The molecule has 0 radical (unpaired) electrons. The van der Waals surface area contributed by atoms with Gasteiger partial charge in [0.2, 0.25) is 0 Å². The molecular formula is C14H13FN2O3. The number of hydrogen-bond acceptors (Lipinski definition) is 4. The van der Waals surface area contributed by atoms with Crippen molar-refractivity contribution < 1.29 is 13.9 Å². The van der Waals surface area contributed by atoms with Gasteiger partial charge in [0, 0.05) is 6.20 Å². The van der Waals surface area contributed by atoms with Gasteiger partial charge in [-0.05, 0) is 38.1 Å². The van der Waals surface area contributed by atoms with Crippen LogP contribution in [0.25, 0.3) is 5.69 Å². The van der Waals surface area contributed by atoms with Gasteiger partial charge < -0.3 is 4.74 Å². The topological polar surface area (TPSA) is 61.2 Å². The minimum Gasteiger partial charge on any atom is -0.462 e. The number of ether oxygens (including phenoxy) is 1. The summed E-state index contributed by atoms with van der Waals surface area (Å²) in [6.45, 7) is 3.44. The molecule has 5 nitrogen and oxygen atoms in total. The summed E-state index contributed by atoms with van der Waals surface area (Å²) in [5.41, 5.74) is -0.253. The quantitative estimate of drug-likeness (QED) is 0.803. The predicted octanol–water partition coefficient (Wildman–Crippen LogP) is 1.86. The number of aryl methyl sites for hydroxylation is 1. The normalized spacial score (nSPS) is 10.3. The van der Waals surface area contributed by atoms with E-state index < -0.39 is 17.3 Å². The van der Waals surface area contributed by atoms with E-state index in [1.807, 2.05) is 0 Å². The molecule has 0 aliphatic rings. The van der Waals surface area contributed by atoms with Crippen LogP contribution in [0.1, 0.15) is 23.1 Å². The molecule has 0 atom stereocenters. The number of halogens is 1. The molecule has 0 amide bonds. The van der Waals surface area contributed by atoms with Crippen LogP contribution in [-0.4, -0.2) is 22.1 Å². The van der Waals surface area contributed by atoms with Crippen molar-refractivity contribution in [3.05, 3.63) is 58.0 Å². The zero-order chi connectivity index (χ0) is 14.7. The van der Waals surface area contributed by atoms with Gasteiger partial charge >= 0.3 is 5.97 Å². The fourth-order valence-corrected chi connectivity index (χ4v) is 1.78. The molecule has 1 aromatic carbocycles. The van der Waals surface area contributed by atoms with Gasteiger partial charge in [0.1, 0.15) is 17.2 Å². The van der Waals surface area contributed by atoms with E-state index in [4.69, 9.17) is 4.74 Å². The molecule has 104 valence electrons. The second kappa shape index (κ2) is 5.64. The van der Waals surface area contributed by atoms with Crippen LogP contribution in [0.2, 0.25) is 0 Å². The Hall–Kier alpha value is -2.50. The summed E-state index contributed by atoms with van der Waals surface area (Å²) < 4.78 is 19.0. The van der Waals surface area contributed by atoms with Crippen molar-refractivity contribution in [3.8, 4) is 5.69 Å². The largest absolute Gasteiger partial charge is 0.462 e. The molecule has 0 aliphatic carbocycles. The Morgan fingerprint density at radius 2 is 2.00 bits per heavy atom. The van der Waals surface area contributed by atoms with Gasteiger partial charge in [-0.1, -0.05) is 0 Å². The second-order valence-electron chi connectivity index (χ2n) is 4.06. The summed E-state index contributed by atoms with van der Waals surface area (Å²) in [7, 11) is 0. The number of esters is 1. The Morgan fingerprint density at radius 1 is 1.35 bits per heavy atom. The van der Waals surface area contributed by atoms with Gasteiger partial charge in [0.05, 0.1) is 12.3 Å². The molecule has 6 heteroatoms. The maximum absolute atomic E-state index is 12.9. The molecule has 0 saturated carbocycles. The summed E-state index contributed by atoms with van der Waals surface area (Å²) in [5.74, 6) is -0.732. The lowest BCUT2D eigenvalue weighted by Gasteiger charge is -2.10. The van der Waals surface area contributed by atoms with E-state index in [2.05, 4.69) is 4.98 Å². The first kappa shape index (κ1) is 13.9. The number of nitrogens with zero attached hydrogens (tertiary/aromatic N) is 2. The third-order valence-electron chi connectivity index (χ3n) is 2.72. The van der Waals surface area contributed by atoms with Crippen molar-refractivity contribution in [3.63, 3.8) is 0 Å². The number of carbonyl (C=O) groups is 1. The number of aromatic nitrogens is 2. The van der Waals surface area contributed by atoms with E-state index in [0.717, 1.165) is 0 Å². The lowest BCUT2D eigenvalue weighted by molar-refractivity contribution is 0.0523. The molecule has 0 spiro atoms. The van der Waals surface area contributed by atoms with Crippen molar-refractivity contribution in [2.75, 3.05) is 6.61 Å². The highest BCUT2D eigenvalue weighted by Gasteiger charge is 2.16. The van der Waals surface area contributed by atoms with Gasteiger partial charge in [-0.3, -0.25) is 9.36 Å². The number of hydrogen-bond donors (Lipinski definition) is 0. The van der Waals surface area contributed by atoms with E-state index in [1.165, 1.54) is 35.0 Å². The van der Waals surface area contributed by atoms with Gasteiger partial charge in [-0.25, -0.2) is 14.2 Å². The molecule has 0 aliphatic heterocycles. The lowest BCUT2D eigenvalue weighted by atomic mass is 10.2. The summed E-state index contributed by atoms with van der Waals surface area (Å²) in [4.78, 5) is 28.0. The molecule has 2 aromatic rings. The van der Waals surface area contributed by atoms with Crippen LogP contribution >= 0.6 is 0 Å². The summed E-state index contributed by atoms with van der Waals surface area (Å²) >= 11 is 0.